The lowest BCUT2D eigenvalue weighted by Crippen LogP contribution is -2.44. The minimum absolute atomic E-state index is 0.582. The van der Waals surface area contributed by atoms with Gasteiger partial charge in [-0.15, -0.1) is 0 Å². The molecule has 4 heteroatoms. The molecule has 0 bridgehead atoms. The summed E-state index contributed by atoms with van der Waals surface area (Å²) >= 11 is 6.56. The van der Waals surface area contributed by atoms with Gasteiger partial charge in [-0.3, -0.25) is 4.90 Å². The Morgan fingerprint density at radius 3 is 3.00 bits per heavy atom. The van der Waals surface area contributed by atoms with Crippen LogP contribution in [0.25, 0.3) is 10.9 Å². The SMILES string of the molecule is CNC1CCCN(Cc2nc3ccccc3c(C)c2Cl)C1. The van der Waals surface area contributed by atoms with Crippen molar-refractivity contribution in [3.05, 3.63) is 40.5 Å². The third-order valence-corrected chi connectivity index (χ3v) is 4.93. The van der Waals surface area contributed by atoms with Crippen LogP contribution in [0.2, 0.25) is 5.02 Å². The lowest BCUT2D eigenvalue weighted by Gasteiger charge is -2.32. The van der Waals surface area contributed by atoms with Crippen molar-refractivity contribution in [1.82, 2.24) is 15.2 Å². The second-order valence-corrected chi connectivity index (χ2v) is 6.26. The molecule has 0 aliphatic carbocycles. The Kier molecular flexibility index (Phi) is 4.43. The Morgan fingerprint density at radius 2 is 2.19 bits per heavy atom. The van der Waals surface area contributed by atoms with Gasteiger partial charge >= 0.3 is 0 Å². The fraction of sp³-hybridized carbons (Fsp3) is 0.471. The second-order valence-electron chi connectivity index (χ2n) is 5.88. The summed E-state index contributed by atoms with van der Waals surface area (Å²) in [4.78, 5) is 7.24. The number of pyridine rings is 1. The van der Waals surface area contributed by atoms with Crippen LogP contribution in [0.15, 0.2) is 24.3 Å². The van der Waals surface area contributed by atoms with Gasteiger partial charge in [0.25, 0.3) is 0 Å². The zero-order chi connectivity index (χ0) is 14.8. The number of nitrogens with zero attached hydrogens (tertiary/aromatic N) is 2. The zero-order valence-corrected chi connectivity index (χ0v) is 13.5. The standard InChI is InChI=1S/C17H22ClN3/c1-12-14-7-3-4-8-15(14)20-16(17(12)18)11-21-9-5-6-13(10-21)19-2/h3-4,7-8,13,19H,5-6,9-11H2,1-2H3. The molecule has 0 saturated carbocycles. The van der Waals surface area contributed by atoms with E-state index in [9.17, 15) is 0 Å². The molecule has 0 spiro atoms. The third kappa shape index (κ3) is 3.05. The Labute approximate surface area is 131 Å². The van der Waals surface area contributed by atoms with Gasteiger partial charge in [0.1, 0.15) is 0 Å². The lowest BCUT2D eigenvalue weighted by molar-refractivity contribution is 0.186. The van der Waals surface area contributed by atoms with Crippen molar-refractivity contribution in [2.24, 2.45) is 0 Å². The molecular weight excluding hydrogens is 282 g/mol. The molecule has 0 radical (unpaired) electrons. The number of aryl methyl sites for hydroxylation is 1. The van der Waals surface area contributed by atoms with Crippen LogP contribution >= 0.6 is 11.6 Å². The van der Waals surface area contributed by atoms with Crippen molar-refractivity contribution in [2.45, 2.75) is 32.4 Å². The summed E-state index contributed by atoms with van der Waals surface area (Å²) in [5.41, 5.74) is 3.18. The van der Waals surface area contributed by atoms with Crippen molar-refractivity contribution < 1.29 is 0 Å². The van der Waals surface area contributed by atoms with Gasteiger partial charge in [-0.2, -0.15) is 0 Å². The predicted octanol–water partition coefficient (Wildman–Crippen LogP) is 3.38. The van der Waals surface area contributed by atoms with Gasteiger partial charge in [-0.05, 0) is 45.0 Å². The first-order chi connectivity index (χ1) is 10.2. The van der Waals surface area contributed by atoms with Crippen molar-refractivity contribution in [1.29, 1.82) is 0 Å². The smallest absolute Gasteiger partial charge is 0.0740 e. The number of para-hydroxylation sites is 1. The molecule has 1 N–H and O–H groups in total. The Bertz CT molecular complexity index is 641. The number of aromatic nitrogens is 1. The largest absolute Gasteiger partial charge is 0.316 e. The molecule has 1 fully saturated rings. The third-order valence-electron chi connectivity index (χ3n) is 4.43. The summed E-state index contributed by atoms with van der Waals surface area (Å²) in [6.45, 7) is 5.12. The first-order valence-corrected chi connectivity index (χ1v) is 8.00. The highest BCUT2D eigenvalue weighted by molar-refractivity contribution is 6.32. The molecule has 3 rings (SSSR count). The van der Waals surface area contributed by atoms with Crippen LogP contribution in [-0.4, -0.2) is 36.1 Å². The zero-order valence-electron chi connectivity index (χ0n) is 12.7. The summed E-state index contributed by atoms with van der Waals surface area (Å²) < 4.78 is 0. The number of piperidine rings is 1. The van der Waals surface area contributed by atoms with E-state index in [4.69, 9.17) is 16.6 Å². The lowest BCUT2D eigenvalue weighted by atomic mass is 10.0. The number of fused-ring (bicyclic) bond motifs is 1. The fourth-order valence-electron chi connectivity index (χ4n) is 3.17. The number of likely N-dealkylation sites (N-methyl/N-ethyl adjacent to an activating group) is 1. The molecule has 112 valence electrons. The van der Waals surface area contributed by atoms with Gasteiger partial charge in [0.05, 0.1) is 16.2 Å². The van der Waals surface area contributed by atoms with Gasteiger partial charge < -0.3 is 5.32 Å². The van der Waals surface area contributed by atoms with Crippen LogP contribution in [0.3, 0.4) is 0 Å². The number of benzene rings is 1. The van der Waals surface area contributed by atoms with E-state index in [2.05, 4.69) is 29.3 Å². The molecule has 3 nitrogen and oxygen atoms in total. The quantitative estimate of drug-likeness (QED) is 0.942. The summed E-state index contributed by atoms with van der Waals surface area (Å²) in [7, 11) is 2.04. The van der Waals surface area contributed by atoms with Crippen molar-refractivity contribution in [3.8, 4) is 0 Å². The van der Waals surface area contributed by atoms with Crippen LogP contribution in [0, 0.1) is 6.92 Å². The van der Waals surface area contributed by atoms with E-state index in [1.807, 2.05) is 19.2 Å². The first kappa shape index (κ1) is 14.8. The molecule has 1 aromatic heterocycles. The second kappa shape index (κ2) is 6.30. The van der Waals surface area contributed by atoms with E-state index in [1.54, 1.807) is 0 Å². The molecule has 2 heterocycles. The van der Waals surface area contributed by atoms with Crippen LogP contribution in [0.1, 0.15) is 24.1 Å². The van der Waals surface area contributed by atoms with E-state index in [1.165, 1.54) is 12.8 Å². The maximum Gasteiger partial charge on any atom is 0.0740 e. The van der Waals surface area contributed by atoms with E-state index in [-0.39, 0.29) is 0 Å². The van der Waals surface area contributed by atoms with Crippen LogP contribution in [0.4, 0.5) is 0 Å². The molecule has 1 unspecified atom stereocenters. The number of likely N-dealkylation sites (tertiary alicyclic amines) is 1. The minimum Gasteiger partial charge on any atom is -0.316 e. The number of halogens is 1. The van der Waals surface area contributed by atoms with Gasteiger partial charge in [-0.25, -0.2) is 4.98 Å². The highest BCUT2D eigenvalue weighted by Crippen LogP contribution is 2.28. The number of rotatable bonds is 3. The number of nitrogens with one attached hydrogen (secondary N) is 1. The molecule has 1 aliphatic rings. The average Bonchev–Trinajstić information content (AvgIpc) is 2.52. The van der Waals surface area contributed by atoms with Gasteiger partial charge in [0, 0.05) is 24.5 Å². The monoisotopic (exact) mass is 303 g/mol. The maximum absolute atomic E-state index is 6.56. The summed E-state index contributed by atoms with van der Waals surface area (Å²) in [5.74, 6) is 0. The van der Waals surface area contributed by atoms with Crippen LogP contribution in [0.5, 0.6) is 0 Å². The summed E-state index contributed by atoms with van der Waals surface area (Å²) in [6.07, 6.45) is 2.49. The minimum atomic E-state index is 0.582. The normalized spacial score (nSPS) is 20.0. The van der Waals surface area contributed by atoms with E-state index in [0.717, 1.165) is 46.8 Å². The van der Waals surface area contributed by atoms with E-state index >= 15 is 0 Å². The molecular formula is C17H22ClN3. The van der Waals surface area contributed by atoms with E-state index < -0.39 is 0 Å². The molecule has 0 amide bonds. The Hall–Kier alpha value is -1.16. The Morgan fingerprint density at radius 1 is 1.38 bits per heavy atom. The van der Waals surface area contributed by atoms with Crippen LogP contribution in [-0.2, 0) is 6.54 Å². The van der Waals surface area contributed by atoms with Crippen LogP contribution < -0.4 is 5.32 Å². The maximum atomic E-state index is 6.56. The highest BCUT2D eigenvalue weighted by atomic mass is 35.5. The highest BCUT2D eigenvalue weighted by Gasteiger charge is 2.20. The predicted molar refractivity (Wildman–Crippen MR) is 88.8 cm³/mol. The average molecular weight is 304 g/mol. The van der Waals surface area contributed by atoms with Crippen molar-refractivity contribution >= 4 is 22.5 Å². The van der Waals surface area contributed by atoms with E-state index in [0.29, 0.717) is 6.04 Å². The molecule has 2 aromatic rings. The number of hydrogen-bond acceptors (Lipinski definition) is 3. The van der Waals surface area contributed by atoms with Gasteiger partial charge in [0.2, 0.25) is 0 Å². The Balaban J connectivity index is 1.88. The van der Waals surface area contributed by atoms with Crippen molar-refractivity contribution in [3.63, 3.8) is 0 Å². The van der Waals surface area contributed by atoms with Gasteiger partial charge in [-0.1, -0.05) is 29.8 Å². The summed E-state index contributed by atoms with van der Waals surface area (Å²) in [5, 5.41) is 5.35. The molecule has 1 aromatic carbocycles. The summed E-state index contributed by atoms with van der Waals surface area (Å²) in [6, 6.07) is 8.80. The first-order valence-electron chi connectivity index (χ1n) is 7.62. The number of hydrogen-bond donors (Lipinski definition) is 1. The molecule has 21 heavy (non-hydrogen) atoms. The molecule has 1 saturated heterocycles. The van der Waals surface area contributed by atoms with Crippen molar-refractivity contribution in [2.75, 3.05) is 20.1 Å². The van der Waals surface area contributed by atoms with Gasteiger partial charge in [0.15, 0.2) is 0 Å². The fourth-order valence-corrected chi connectivity index (χ4v) is 3.37. The molecule has 1 atom stereocenters. The topological polar surface area (TPSA) is 28.2 Å². The molecule has 1 aliphatic heterocycles.